The highest BCUT2D eigenvalue weighted by atomic mass is 127. The van der Waals surface area contributed by atoms with E-state index in [0.717, 1.165) is 24.9 Å². The largest absolute Gasteiger partial charge is 0.352 e. The molecule has 0 unspecified atom stereocenters. The number of guanidine groups is 1. The molecule has 1 aliphatic rings. The number of nitrogens with zero attached hydrogens (tertiary/aromatic N) is 5. The van der Waals surface area contributed by atoms with E-state index >= 15 is 0 Å². The lowest BCUT2D eigenvalue weighted by Crippen LogP contribution is -2.36. The van der Waals surface area contributed by atoms with Crippen molar-refractivity contribution in [3.05, 3.63) is 47.5 Å². The van der Waals surface area contributed by atoms with Crippen molar-refractivity contribution in [1.29, 1.82) is 0 Å². The van der Waals surface area contributed by atoms with Crippen molar-refractivity contribution in [2.45, 2.75) is 32.5 Å². The Morgan fingerprint density at radius 3 is 2.35 bits per heavy atom. The fourth-order valence-electron chi connectivity index (χ4n) is 3.00. The van der Waals surface area contributed by atoms with E-state index < -0.39 is 0 Å². The molecule has 8 heteroatoms. The van der Waals surface area contributed by atoms with E-state index in [2.05, 4.69) is 55.0 Å². The topological polar surface area (TPSA) is 70.4 Å². The SMILES string of the molecule is CN=C(NCc1ccc(CN2CCCC2)cc1)NCc1nncn1C.I. The summed E-state index contributed by atoms with van der Waals surface area (Å²) in [6.07, 6.45) is 4.36. The van der Waals surface area contributed by atoms with Crippen LogP contribution >= 0.6 is 24.0 Å². The summed E-state index contributed by atoms with van der Waals surface area (Å²) in [6, 6.07) is 8.83. The minimum absolute atomic E-state index is 0. The predicted octanol–water partition coefficient (Wildman–Crippen LogP) is 1.89. The van der Waals surface area contributed by atoms with Crippen LogP contribution < -0.4 is 10.6 Å². The molecule has 1 aromatic heterocycles. The highest BCUT2D eigenvalue weighted by Gasteiger charge is 2.11. The Bertz CT molecular complexity index is 690. The lowest BCUT2D eigenvalue weighted by Gasteiger charge is -2.15. The van der Waals surface area contributed by atoms with Crippen LogP contribution in [0.3, 0.4) is 0 Å². The Morgan fingerprint density at radius 1 is 1.08 bits per heavy atom. The van der Waals surface area contributed by atoms with Gasteiger partial charge in [0.1, 0.15) is 6.33 Å². The van der Waals surface area contributed by atoms with Gasteiger partial charge in [0.2, 0.25) is 0 Å². The van der Waals surface area contributed by atoms with Crippen LogP contribution in [0.2, 0.25) is 0 Å². The third-order valence-corrected chi connectivity index (χ3v) is 4.53. The van der Waals surface area contributed by atoms with Crippen molar-refractivity contribution in [1.82, 2.24) is 30.3 Å². The number of hydrogen-bond donors (Lipinski definition) is 2. The Morgan fingerprint density at radius 2 is 1.73 bits per heavy atom. The molecule has 3 rings (SSSR count). The Kier molecular flexibility index (Phi) is 8.30. The van der Waals surface area contributed by atoms with Gasteiger partial charge in [0.05, 0.1) is 6.54 Å². The smallest absolute Gasteiger partial charge is 0.191 e. The average Bonchev–Trinajstić information content (AvgIpc) is 3.28. The number of nitrogens with one attached hydrogen (secondary N) is 2. The van der Waals surface area contributed by atoms with Gasteiger partial charge < -0.3 is 15.2 Å². The van der Waals surface area contributed by atoms with Gasteiger partial charge in [-0.15, -0.1) is 34.2 Å². The molecule has 2 heterocycles. The Balaban J connectivity index is 0.00000243. The summed E-state index contributed by atoms with van der Waals surface area (Å²) in [5.74, 6) is 1.62. The van der Waals surface area contributed by atoms with Crippen molar-refractivity contribution in [2.24, 2.45) is 12.0 Å². The molecule has 0 atom stereocenters. The number of likely N-dealkylation sites (tertiary alicyclic amines) is 1. The van der Waals surface area contributed by atoms with E-state index in [0.29, 0.717) is 6.54 Å². The molecule has 26 heavy (non-hydrogen) atoms. The maximum absolute atomic E-state index is 4.25. The summed E-state index contributed by atoms with van der Waals surface area (Å²) >= 11 is 0. The molecule has 1 aromatic carbocycles. The molecule has 142 valence electrons. The summed E-state index contributed by atoms with van der Waals surface area (Å²) in [5.41, 5.74) is 2.63. The van der Waals surface area contributed by atoms with Crippen LogP contribution in [0.15, 0.2) is 35.6 Å². The highest BCUT2D eigenvalue weighted by Crippen LogP contribution is 2.13. The van der Waals surface area contributed by atoms with Crippen molar-refractivity contribution < 1.29 is 0 Å². The molecule has 0 saturated carbocycles. The van der Waals surface area contributed by atoms with Crippen LogP contribution in [0.25, 0.3) is 0 Å². The summed E-state index contributed by atoms with van der Waals surface area (Å²) in [5, 5.41) is 14.5. The van der Waals surface area contributed by atoms with Gasteiger partial charge in [0.25, 0.3) is 0 Å². The van der Waals surface area contributed by atoms with Crippen molar-refractivity contribution in [3.8, 4) is 0 Å². The van der Waals surface area contributed by atoms with Gasteiger partial charge in [-0.1, -0.05) is 24.3 Å². The molecule has 0 amide bonds. The van der Waals surface area contributed by atoms with E-state index in [4.69, 9.17) is 0 Å². The van der Waals surface area contributed by atoms with Crippen molar-refractivity contribution in [2.75, 3.05) is 20.1 Å². The molecule has 0 radical (unpaired) electrons. The number of aryl methyl sites for hydroxylation is 1. The van der Waals surface area contributed by atoms with Gasteiger partial charge in [-0.05, 0) is 37.1 Å². The zero-order chi connectivity index (χ0) is 17.5. The normalized spacial score (nSPS) is 14.9. The van der Waals surface area contributed by atoms with E-state index in [1.807, 2.05) is 11.6 Å². The summed E-state index contributed by atoms with van der Waals surface area (Å²) in [7, 11) is 3.70. The van der Waals surface area contributed by atoms with Gasteiger partial charge in [-0.3, -0.25) is 9.89 Å². The molecule has 1 saturated heterocycles. The van der Waals surface area contributed by atoms with Crippen LogP contribution in [0.5, 0.6) is 0 Å². The number of rotatable bonds is 6. The fraction of sp³-hybridized carbons (Fsp3) is 0.500. The molecule has 0 spiro atoms. The van der Waals surface area contributed by atoms with Gasteiger partial charge in [0.15, 0.2) is 11.8 Å². The minimum atomic E-state index is 0. The molecular formula is C18H28IN7. The lowest BCUT2D eigenvalue weighted by molar-refractivity contribution is 0.331. The van der Waals surface area contributed by atoms with Crippen LogP contribution in [-0.4, -0.2) is 45.8 Å². The Labute approximate surface area is 172 Å². The number of halogens is 1. The van der Waals surface area contributed by atoms with Gasteiger partial charge in [-0.2, -0.15) is 0 Å². The second-order valence-corrected chi connectivity index (χ2v) is 6.44. The monoisotopic (exact) mass is 469 g/mol. The van der Waals surface area contributed by atoms with Crippen LogP contribution in [0.1, 0.15) is 29.8 Å². The molecular weight excluding hydrogens is 441 g/mol. The highest BCUT2D eigenvalue weighted by molar-refractivity contribution is 14.0. The second-order valence-electron chi connectivity index (χ2n) is 6.44. The molecule has 2 N–H and O–H groups in total. The first-order chi connectivity index (χ1) is 12.2. The number of aliphatic imine (C=N–C) groups is 1. The number of benzene rings is 1. The van der Waals surface area contributed by atoms with Gasteiger partial charge in [0, 0.05) is 27.2 Å². The van der Waals surface area contributed by atoms with E-state index in [-0.39, 0.29) is 24.0 Å². The Hall–Kier alpha value is -1.68. The first kappa shape index (κ1) is 20.6. The first-order valence-electron chi connectivity index (χ1n) is 8.82. The van der Waals surface area contributed by atoms with Crippen LogP contribution in [0, 0.1) is 0 Å². The van der Waals surface area contributed by atoms with Crippen molar-refractivity contribution in [3.63, 3.8) is 0 Å². The third-order valence-electron chi connectivity index (χ3n) is 4.53. The first-order valence-corrected chi connectivity index (χ1v) is 8.82. The maximum atomic E-state index is 4.25. The zero-order valence-electron chi connectivity index (χ0n) is 15.5. The summed E-state index contributed by atoms with van der Waals surface area (Å²) in [6.45, 7) is 4.86. The number of hydrogen-bond acceptors (Lipinski definition) is 4. The number of aromatic nitrogens is 3. The lowest BCUT2D eigenvalue weighted by atomic mass is 10.1. The predicted molar refractivity (Wildman–Crippen MR) is 114 cm³/mol. The molecule has 0 aliphatic carbocycles. The molecule has 7 nitrogen and oxygen atoms in total. The third kappa shape index (κ3) is 5.94. The summed E-state index contributed by atoms with van der Waals surface area (Å²) in [4.78, 5) is 6.77. The van der Waals surface area contributed by atoms with E-state index in [1.54, 1.807) is 13.4 Å². The fourth-order valence-corrected chi connectivity index (χ4v) is 3.00. The summed E-state index contributed by atoms with van der Waals surface area (Å²) < 4.78 is 1.89. The second kappa shape index (κ2) is 10.5. The molecule has 1 fully saturated rings. The molecule has 0 bridgehead atoms. The van der Waals surface area contributed by atoms with Crippen molar-refractivity contribution >= 4 is 29.9 Å². The van der Waals surface area contributed by atoms with Crippen LogP contribution in [0.4, 0.5) is 0 Å². The molecule has 2 aromatic rings. The standard InChI is InChI=1S/C18H27N7.HI/c1-19-18(21-12-17-23-22-14-24(17)2)20-11-15-5-7-16(8-6-15)13-25-9-3-4-10-25;/h5-8,14H,3-4,9-13H2,1-2H3,(H2,19,20,21);1H. The maximum Gasteiger partial charge on any atom is 0.191 e. The van der Waals surface area contributed by atoms with Gasteiger partial charge in [-0.25, -0.2) is 0 Å². The van der Waals surface area contributed by atoms with Gasteiger partial charge >= 0.3 is 0 Å². The quantitative estimate of drug-likeness (QED) is 0.384. The van der Waals surface area contributed by atoms with Crippen LogP contribution in [-0.2, 0) is 26.7 Å². The zero-order valence-corrected chi connectivity index (χ0v) is 17.8. The van der Waals surface area contributed by atoms with E-state index in [1.165, 1.54) is 37.1 Å². The minimum Gasteiger partial charge on any atom is -0.352 e. The molecule has 1 aliphatic heterocycles. The van der Waals surface area contributed by atoms with E-state index in [9.17, 15) is 0 Å². The average molecular weight is 469 g/mol.